The van der Waals surface area contributed by atoms with Crippen LogP contribution in [0.2, 0.25) is 0 Å². The van der Waals surface area contributed by atoms with Gasteiger partial charge in [-0.05, 0) is 96.3 Å². The number of hydrogen-bond acceptors (Lipinski definition) is 6. The lowest BCUT2D eigenvalue weighted by Gasteiger charge is -2.18. The van der Waals surface area contributed by atoms with Crippen LogP contribution in [-0.4, -0.2) is 37.2 Å². The normalized spacial score (nSPS) is 13.3. The van der Waals surface area contributed by atoms with Crippen molar-refractivity contribution in [3.8, 4) is 0 Å². The Morgan fingerprint density at radius 3 is 1.25 bits per heavy atom. The van der Waals surface area contributed by atoms with Gasteiger partial charge in [0.1, 0.15) is 13.2 Å². The highest BCUT2D eigenvalue weighted by Crippen LogP contribution is 2.11. The molecular formula is C50H76O6. The van der Waals surface area contributed by atoms with Crippen molar-refractivity contribution >= 4 is 17.9 Å². The minimum Gasteiger partial charge on any atom is -0.462 e. The van der Waals surface area contributed by atoms with Crippen molar-refractivity contribution in [2.45, 2.75) is 162 Å². The molecule has 0 fully saturated rings. The molecule has 0 amide bonds. The van der Waals surface area contributed by atoms with Crippen LogP contribution in [0.4, 0.5) is 0 Å². The fourth-order valence-electron chi connectivity index (χ4n) is 5.16. The smallest absolute Gasteiger partial charge is 0.306 e. The summed E-state index contributed by atoms with van der Waals surface area (Å²) in [5, 5.41) is 0. The summed E-state index contributed by atoms with van der Waals surface area (Å²) < 4.78 is 16.6. The maximum absolute atomic E-state index is 12.7. The summed E-state index contributed by atoms with van der Waals surface area (Å²) in [7, 11) is 0. The Kier molecular flexibility index (Phi) is 40.3. The van der Waals surface area contributed by atoms with Gasteiger partial charge in [0.15, 0.2) is 6.10 Å². The van der Waals surface area contributed by atoms with Gasteiger partial charge >= 0.3 is 17.9 Å². The lowest BCUT2D eigenvalue weighted by Crippen LogP contribution is -2.30. The molecule has 0 aromatic carbocycles. The Bertz CT molecular complexity index is 1260. The second kappa shape index (κ2) is 43.5. The molecule has 0 N–H and O–H groups in total. The summed E-state index contributed by atoms with van der Waals surface area (Å²) in [4.78, 5) is 37.6. The third kappa shape index (κ3) is 41.0. The first-order chi connectivity index (χ1) is 27.5. The van der Waals surface area contributed by atoms with Gasteiger partial charge in [-0.25, -0.2) is 0 Å². The van der Waals surface area contributed by atoms with Crippen LogP contribution >= 0.6 is 0 Å². The van der Waals surface area contributed by atoms with Crippen molar-refractivity contribution in [3.63, 3.8) is 0 Å². The molecule has 312 valence electrons. The van der Waals surface area contributed by atoms with Gasteiger partial charge in [0.25, 0.3) is 0 Å². The molecule has 0 aromatic heterocycles. The third-order valence-corrected chi connectivity index (χ3v) is 8.32. The average Bonchev–Trinajstić information content (AvgIpc) is 3.19. The molecule has 6 nitrogen and oxygen atoms in total. The molecule has 0 bridgehead atoms. The molecule has 56 heavy (non-hydrogen) atoms. The molecule has 0 aliphatic rings. The first kappa shape index (κ1) is 51.8. The zero-order chi connectivity index (χ0) is 40.8. The van der Waals surface area contributed by atoms with Crippen molar-refractivity contribution < 1.29 is 28.6 Å². The highest BCUT2D eigenvalue weighted by Gasteiger charge is 2.19. The molecule has 1 atom stereocenters. The Balaban J connectivity index is 4.55. The lowest BCUT2D eigenvalue weighted by atomic mass is 10.1. The maximum atomic E-state index is 12.7. The molecule has 1 unspecified atom stereocenters. The largest absolute Gasteiger partial charge is 0.462 e. The zero-order valence-electron chi connectivity index (χ0n) is 35.3. The van der Waals surface area contributed by atoms with Gasteiger partial charge in [-0.15, -0.1) is 0 Å². The van der Waals surface area contributed by atoms with Crippen molar-refractivity contribution in [1.29, 1.82) is 0 Å². The third-order valence-electron chi connectivity index (χ3n) is 8.32. The van der Waals surface area contributed by atoms with E-state index in [1.165, 1.54) is 0 Å². The molecule has 0 saturated carbocycles. The second-order valence-electron chi connectivity index (χ2n) is 13.6. The summed E-state index contributed by atoms with van der Waals surface area (Å²) >= 11 is 0. The van der Waals surface area contributed by atoms with E-state index in [0.29, 0.717) is 12.8 Å². The number of carbonyl (C=O) groups is 3. The van der Waals surface area contributed by atoms with Gasteiger partial charge < -0.3 is 14.2 Å². The molecule has 0 radical (unpaired) electrons. The number of hydrogen-bond donors (Lipinski definition) is 0. The van der Waals surface area contributed by atoms with Crippen molar-refractivity contribution in [2.24, 2.45) is 0 Å². The van der Waals surface area contributed by atoms with Crippen molar-refractivity contribution in [3.05, 3.63) is 122 Å². The van der Waals surface area contributed by atoms with Gasteiger partial charge in [0, 0.05) is 19.3 Å². The number of allylic oxidation sites excluding steroid dienone is 20. The minimum absolute atomic E-state index is 0.123. The van der Waals surface area contributed by atoms with E-state index in [1.807, 2.05) is 48.6 Å². The van der Waals surface area contributed by atoms with E-state index in [2.05, 4.69) is 93.7 Å². The predicted octanol–water partition coefficient (Wildman–Crippen LogP) is 13.8. The van der Waals surface area contributed by atoms with Gasteiger partial charge in [-0.2, -0.15) is 0 Å². The predicted molar refractivity (Wildman–Crippen MR) is 237 cm³/mol. The first-order valence-corrected chi connectivity index (χ1v) is 21.6. The van der Waals surface area contributed by atoms with E-state index in [9.17, 15) is 14.4 Å². The van der Waals surface area contributed by atoms with Crippen LogP contribution < -0.4 is 0 Å². The number of esters is 3. The minimum atomic E-state index is -0.821. The van der Waals surface area contributed by atoms with E-state index in [1.54, 1.807) is 0 Å². The fraction of sp³-hybridized carbons (Fsp3) is 0.540. The molecule has 6 heteroatoms. The Labute approximate surface area is 342 Å². The average molecular weight is 773 g/mol. The van der Waals surface area contributed by atoms with E-state index in [4.69, 9.17) is 14.2 Å². The summed E-state index contributed by atoms with van der Waals surface area (Å²) in [5.74, 6) is -1.04. The van der Waals surface area contributed by atoms with Crippen LogP contribution in [0.15, 0.2) is 122 Å². The van der Waals surface area contributed by atoms with Gasteiger partial charge in [0.2, 0.25) is 0 Å². The number of rotatable bonds is 36. The number of unbranched alkanes of at least 4 members (excludes halogenated alkanes) is 9. The Morgan fingerprint density at radius 2 is 0.732 bits per heavy atom. The fourth-order valence-corrected chi connectivity index (χ4v) is 5.16. The molecule has 0 spiro atoms. The lowest BCUT2D eigenvalue weighted by molar-refractivity contribution is -0.167. The molecule has 0 aliphatic carbocycles. The topological polar surface area (TPSA) is 78.9 Å². The van der Waals surface area contributed by atoms with Gasteiger partial charge in [-0.1, -0.05) is 162 Å². The molecule has 0 aliphatic heterocycles. The quantitative estimate of drug-likeness (QED) is 0.0207. The van der Waals surface area contributed by atoms with Gasteiger partial charge in [-0.3, -0.25) is 14.4 Å². The SMILES string of the molecule is CC\C=C/C=C\C=C/C=C\C=C/CCCCCC(=O)OCC(COC(=O)CCCC/C=C\C/C=C\CC)OC(=O)CCCCCC/C=C\C/C=C\C/C=C\CC. The Hall–Kier alpha value is -4.19. The van der Waals surface area contributed by atoms with Crippen LogP contribution in [0, 0.1) is 0 Å². The van der Waals surface area contributed by atoms with E-state index in [0.717, 1.165) is 116 Å². The molecule has 0 aromatic rings. The van der Waals surface area contributed by atoms with E-state index < -0.39 is 6.10 Å². The van der Waals surface area contributed by atoms with Crippen molar-refractivity contribution in [1.82, 2.24) is 0 Å². The van der Waals surface area contributed by atoms with Crippen LogP contribution in [-0.2, 0) is 28.6 Å². The molecule has 0 rings (SSSR count). The summed E-state index contributed by atoms with van der Waals surface area (Å²) in [6, 6.07) is 0. The van der Waals surface area contributed by atoms with Crippen LogP contribution in [0.3, 0.4) is 0 Å². The monoisotopic (exact) mass is 773 g/mol. The first-order valence-electron chi connectivity index (χ1n) is 21.6. The van der Waals surface area contributed by atoms with Crippen molar-refractivity contribution in [2.75, 3.05) is 13.2 Å². The number of carbonyl (C=O) groups excluding carboxylic acids is 3. The standard InChI is InChI=1S/C50H76O6/c1-4-7-10-13-16-19-21-23-25-27-28-31-34-37-40-43-49(52)55-46-47(45-54-48(51)42-39-36-33-30-18-15-12-9-6-3)56-50(53)44-41-38-35-32-29-26-24-22-20-17-14-11-8-5-2/h7-13,16-21,23-28,30,47H,4-6,14-15,22,29,31-46H2,1-3H3/b10-7-,11-8-,12-9-,16-13-,20-17-,21-19-,25-23-,26-24-,28-27-,30-18-. The Morgan fingerprint density at radius 1 is 0.375 bits per heavy atom. The zero-order valence-corrected chi connectivity index (χ0v) is 35.3. The highest BCUT2D eigenvalue weighted by molar-refractivity contribution is 5.71. The van der Waals surface area contributed by atoms with E-state index in [-0.39, 0.29) is 37.5 Å². The molecule has 0 saturated heterocycles. The summed E-state index contributed by atoms with van der Waals surface area (Å²) in [5.41, 5.74) is 0. The van der Waals surface area contributed by atoms with Crippen LogP contribution in [0.25, 0.3) is 0 Å². The summed E-state index contributed by atoms with van der Waals surface area (Å²) in [6.45, 7) is 6.12. The molecular weight excluding hydrogens is 697 g/mol. The van der Waals surface area contributed by atoms with Crippen LogP contribution in [0.1, 0.15) is 156 Å². The van der Waals surface area contributed by atoms with E-state index >= 15 is 0 Å². The number of ether oxygens (including phenoxy) is 3. The maximum Gasteiger partial charge on any atom is 0.306 e. The van der Waals surface area contributed by atoms with Gasteiger partial charge in [0.05, 0.1) is 0 Å². The highest BCUT2D eigenvalue weighted by atomic mass is 16.6. The second-order valence-corrected chi connectivity index (χ2v) is 13.6. The van der Waals surface area contributed by atoms with Crippen LogP contribution in [0.5, 0.6) is 0 Å². The summed E-state index contributed by atoms with van der Waals surface area (Å²) in [6.07, 6.45) is 59.0. The molecule has 0 heterocycles.